The third-order valence-electron chi connectivity index (χ3n) is 2.59. The topological polar surface area (TPSA) is 34.1 Å². The van der Waals surface area contributed by atoms with Crippen LogP contribution in [0.25, 0.3) is 0 Å². The van der Waals surface area contributed by atoms with Gasteiger partial charge in [-0.15, -0.1) is 0 Å². The average Bonchev–Trinajstić information content (AvgIpc) is 2.38. The molecule has 0 aliphatic heterocycles. The number of pyridine rings is 1. The summed E-state index contributed by atoms with van der Waals surface area (Å²) in [7, 11) is 1.58. The number of nitrogens with zero attached hydrogens (tertiary/aromatic N) is 1. The van der Waals surface area contributed by atoms with Gasteiger partial charge in [0.25, 0.3) is 0 Å². The van der Waals surface area contributed by atoms with Crippen LogP contribution in [0.15, 0.2) is 36.5 Å². The maximum Gasteiger partial charge on any atom is 0.213 e. The molecule has 0 saturated heterocycles. The molecule has 2 aromatic rings. The second-order valence-electron chi connectivity index (χ2n) is 4.09. The van der Waals surface area contributed by atoms with Gasteiger partial charge < -0.3 is 10.1 Å². The summed E-state index contributed by atoms with van der Waals surface area (Å²) in [5.41, 5.74) is 1.86. The fourth-order valence-electron chi connectivity index (χ4n) is 1.74. The summed E-state index contributed by atoms with van der Waals surface area (Å²) in [6.07, 6.45) is 1.69. The zero-order chi connectivity index (χ0) is 13.7. The first-order valence-corrected chi connectivity index (χ1v) is 6.20. The van der Waals surface area contributed by atoms with Crippen LogP contribution in [0.4, 0.5) is 4.39 Å². The van der Waals surface area contributed by atoms with E-state index in [4.69, 9.17) is 16.3 Å². The van der Waals surface area contributed by atoms with Gasteiger partial charge in [-0.2, -0.15) is 0 Å². The molecule has 5 heteroatoms. The van der Waals surface area contributed by atoms with Gasteiger partial charge in [0.1, 0.15) is 5.82 Å². The first kappa shape index (κ1) is 13.8. The molecule has 1 heterocycles. The molecule has 0 aliphatic rings. The van der Waals surface area contributed by atoms with E-state index < -0.39 is 0 Å². The fraction of sp³-hybridized carbons (Fsp3) is 0.214. The van der Waals surface area contributed by atoms with Gasteiger partial charge in [-0.25, -0.2) is 9.37 Å². The molecule has 0 spiro atoms. The molecule has 0 saturated carbocycles. The number of hydrogen-bond acceptors (Lipinski definition) is 3. The third kappa shape index (κ3) is 4.19. The molecule has 1 N–H and O–H groups in total. The SMILES string of the molecule is COc1cc(CNCc2cc(F)cc(Cl)c2)ccn1. The summed E-state index contributed by atoms with van der Waals surface area (Å²) in [5.74, 6) is 0.253. The summed E-state index contributed by atoms with van der Waals surface area (Å²) in [6.45, 7) is 1.19. The molecular weight excluding hydrogens is 267 g/mol. The van der Waals surface area contributed by atoms with Crippen molar-refractivity contribution in [3.8, 4) is 5.88 Å². The lowest BCUT2D eigenvalue weighted by atomic mass is 10.2. The third-order valence-corrected chi connectivity index (χ3v) is 2.81. The maximum atomic E-state index is 13.1. The molecule has 19 heavy (non-hydrogen) atoms. The van der Waals surface area contributed by atoms with E-state index in [9.17, 15) is 4.39 Å². The Morgan fingerprint density at radius 2 is 2.00 bits per heavy atom. The van der Waals surface area contributed by atoms with Gasteiger partial charge in [-0.3, -0.25) is 0 Å². The van der Waals surface area contributed by atoms with Crippen LogP contribution in [0.3, 0.4) is 0 Å². The molecule has 0 amide bonds. The van der Waals surface area contributed by atoms with Crippen LogP contribution in [-0.4, -0.2) is 12.1 Å². The monoisotopic (exact) mass is 280 g/mol. The van der Waals surface area contributed by atoms with Crippen molar-refractivity contribution in [2.45, 2.75) is 13.1 Å². The molecule has 0 radical (unpaired) electrons. The van der Waals surface area contributed by atoms with Crippen LogP contribution in [0.1, 0.15) is 11.1 Å². The average molecular weight is 281 g/mol. The van der Waals surface area contributed by atoms with E-state index in [1.54, 1.807) is 19.4 Å². The minimum absolute atomic E-state index is 0.324. The van der Waals surface area contributed by atoms with Crippen LogP contribution >= 0.6 is 11.6 Å². The lowest BCUT2D eigenvalue weighted by molar-refractivity contribution is 0.397. The number of nitrogens with one attached hydrogen (secondary N) is 1. The molecule has 1 aromatic carbocycles. The second kappa shape index (κ2) is 6.50. The highest BCUT2D eigenvalue weighted by Crippen LogP contribution is 2.14. The molecule has 0 aliphatic carbocycles. The van der Waals surface area contributed by atoms with Gasteiger partial charge in [0.2, 0.25) is 5.88 Å². The lowest BCUT2D eigenvalue weighted by Gasteiger charge is -2.07. The predicted octanol–water partition coefficient (Wildman–Crippen LogP) is 3.17. The second-order valence-corrected chi connectivity index (χ2v) is 4.52. The molecule has 0 unspecified atom stereocenters. The molecule has 2 rings (SSSR count). The van der Waals surface area contributed by atoms with Crippen molar-refractivity contribution in [1.29, 1.82) is 0 Å². The van der Waals surface area contributed by atoms with Crippen LogP contribution in [0.5, 0.6) is 5.88 Å². The number of rotatable bonds is 5. The van der Waals surface area contributed by atoms with Crippen molar-refractivity contribution in [2.75, 3.05) is 7.11 Å². The Kier molecular flexibility index (Phi) is 4.71. The van der Waals surface area contributed by atoms with E-state index in [1.165, 1.54) is 12.1 Å². The number of aromatic nitrogens is 1. The molecule has 0 atom stereocenters. The van der Waals surface area contributed by atoms with Crippen molar-refractivity contribution in [1.82, 2.24) is 10.3 Å². The number of methoxy groups -OCH3 is 1. The van der Waals surface area contributed by atoms with E-state index >= 15 is 0 Å². The predicted molar refractivity (Wildman–Crippen MR) is 72.7 cm³/mol. The molecule has 1 aromatic heterocycles. The van der Waals surface area contributed by atoms with E-state index in [1.807, 2.05) is 12.1 Å². The Hall–Kier alpha value is -1.65. The van der Waals surface area contributed by atoms with Crippen molar-refractivity contribution < 1.29 is 9.13 Å². The molecule has 3 nitrogen and oxygen atoms in total. The zero-order valence-corrected chi connectivity index (χ0v) is 11.2. The molecule has 0 bridgehead atoms. The largest absolute Gasteiger partial charge is 0.481 e. The standard InChI is InChI=1S/C14H14ClFN2O/c1-19-14-6-10(2-3-18-14)8-17-9-11-4-12(15)7-13(16)5-11/h2-7,17H,8-9H2,1H3. The van der Waals surface area contributed by atoms with E-state index in [-0.39, 0.29) is 5.82 Å². The summed E-state index contributed by atoms with van der Waals surface area (Å²) in [4.78, 5) is 4.03. The van der Waals surface area contributed by atoms with Gasteiger partial charge in [-0.1, -0.05) is 11.6 Å². The Labute approximate surface area is 116 Å². The van der Waals surface area contributed by atoms with Crippen molar-refractivity contribution in [2.24, 2.45) is 0 Å². The highest BCUT2D eigenvalue weighted by Gasteiger charge is 2.00. The Morgan fingerprint density at radius 3 is 2.74 bits per heavy atom. The van der Waals surface area contributed by atoms with Crippen LogP contribution in [0.2, 0.25) is 5.02 Å². The first-order valence-electron chi connectivity index (χ1n) is 5.82. The Balaban J connectivity index is 1.92. The summed E-state index contributed by atoms with van der Waals surface area (Å²) < 4.78 is 18.2. The Morgan fingerprint density at radius 1 is 1.21 bits per heavy atom. The summed E-state index contributed by atoms with van der Waals surface area (Å²) >= 11 is 5.79. The van der Waals surface area contributed by atoms with Crippen LogP contribution in [-0.2, 0) is 13.1 Å². The van der Waals surface area contributed by atoms with Gasteiger partial charge in [0.15, 0.2) is 0 Å². The van der Waals surface area contributed by atoms with Gasteiger partial charge in [0, 0.05) is 30.4 Å². The minimum Gasteiger partial charge on any atom is -0.481 e. The molecule has 0 fully saturated rings. The molecular formula is C14H14ClFN2O. The zero-order valence-electron chi connectivity index (χ0n) is 10.5. The van der Waals surface area contributed by atoms with Crippen molar-refractivity contribution in [3.05, 3.63) is 58.5 Å². The van der Waals surface area contributed by atoms with Crippen molar-refractivity contribution >= 4 is 11.6 Å². The summed E-state index contributed by atoms with van der Waals surface area (Å²) in [5, 5.41) is 3.62. The lowest BCUT2D eigenvalue weighted by Crippen LogP contribution is -2.13. The van der Waals surface area contributed by atoms with Crippen molar-refractivity contribution in [3.63, 3.8) is 0 Å². The first-order chi connectivity index (χ1) is 9.17. The van der Waals surface area contributed by atoms with Crippen LogP contribution < -0.4 is 10.1 Å². The maximum absolute atomic E-state index is 13.1. The van der Waals surface area contributed by atoms with E-state index in [2.05, 4.69) is 10.3 Å². The van der Waals surface area contributed by atoms with E-state index in [0.717, 1.165) is 11.1 Å². The number of benzene rings is 1. The number of hydrogen-bond donors (Lipinski definition) is 1. The Bertz CT molecular complexity index is 543. The van der Waals surface area contributed by atoms with Gasteiger partial charge in [0.05, 0.1) is 7.11 Å². The highest BCUT2D eigenvalue weighted by molar-refractivity contribution is 6.30. The number of ether oxygens (including phenoxy) is 1. The number of halogens is 2. The normalized spacial score (nSPS) is 10.5. The smallest absolute Gasteiger partial charge is 0.213 e. The van der Waals surface area contributed by atoms with Gasteiger partial charge in [-0.05, 0) is 35.4 Å². The summed E-state index contributed by atoms with van der Waals surface area (Å²) in [6, 6.07) is 8.25. The van der Waals surface area contributed by atoms with E-state index in [0.29, 0.717) is 24.0 Å². The fourth-order valence-corrected chi connectivity index (χ4v) is 1.98. The molecule has 100 valence electrons. The van der Waals surface area contributed by atoms with Gasteiger partial charge >= 0.3 is 0 Å². The highest BCUT2D eigenvalue weighted by atomic mass is 35.5. The van der Waals surface area contributed by atoms with Crippen LogP contribution in [0, 0.1) is 5.82 Å². The quantitative estimate of drug-likeness (QED) is 0.913. The minimum atomic E-state index is -0.324.